The van der Waals surface area contributed by atoms with Gasteiger partial charge in [0.05, 0.1) is 38.0 Å². The third kappa shape index (κ3) is 40.4. The van der Waals surface area contributed by atoms with E-state index in [1.165, 1.54) is 149 Å². The molecule has 0 aromatic heterocycles. The Balaban J connectivity index is 0. The molecule has 0 aromatic rings. The first-order valence-electron chi connectivity index (χ1n) is 31.3. The Morgan fingerprint density at radius 3 is 1.54 bits per heavy atom. The normalized spacial score (nSPS) is 19.0. The quantitative estimate of drug-likeness (QED) is 0.0160. The molecule has 1 saturated heterocycles. The maximum absolute atomic E-state index is 13.3. The lowest BCUT2D eigenvalue weighted by atomic mass is 9.93. The van der Waals surface area contributed by atoms with Crippen LogP contribution in [0.15, 0.2) is 0 Å². The number of carboxylic acids is 1. The van der Waals surface area contributed by atoms with Crippen molar-refractivity contribution in [2.75, 3.05) is 39.5 Å². The summed E-state index contributed by atoms with van der Waals surface area (Å²) in [5, 5.41) is 51.4. The van der Waals surface area contributed by atoms with Crippen molar-refractivity contribution in [1.29, 1.82) is 0 Å². The number of hydrogen-bond acceptors (Lipinski definition) is 20. The third-order valence-electron chi connectivity index (χ3n) is 14.7. The lowest BCUT2D eigenvalue weighted by molar-refractivity contribution is -0.263. The number of hydrogen-bond donors (Lipinski definition) is 11. The second-order valence-corrected chi connectivity index (χ2v) is 23.1. The van der Waals surface area contributed by atoms with E-state index in [4.69, 9.17) is 46.8 Å². The first-order valence-corrected chi connectivity index (χ1v) is 32.6. The number of aliphatic carboxylic acids is 1. The minimum atomic E-state index is -2.73. The van der Waals surface area contributed by atoms with Crippen LogP contribution in [0.1, 0.15) is 234 Å². The standard InChI is InChI=1S/C35H68O5.C22H39N5O11.C2H8NO3P/c1-3-5-7-9-11-13-15-17-19-21-23-25-27-29-34(37)39-32-33(31-36)40-35(38)30-28-26-24-22-20-18-16-14-12-10-8-6-4-2;1-9(37-17-15(24)20(34)38-13(8-28)16(17)31)7-27(22(4,11(3)29)21(35)36)14(30)6-5-12(18(25)32)26-19(33)10(2)23;3-1-2-6-7(4)5/h33,36H,3-32H2,1-2H3;9-10,12-13,15-17,20,28,31,34H,5-8,23-24H2,1-4H3,(H2,25,32)(H,26,33)(H,35,36);7H,1-3H2,(H,4,5)/t33-;9?,10-,12+,13+,15+,16+,17+,20-,22+;/m00./s1. The summed E-state index contributed by atoms with van der Waals surface area (Å²) in [4.78, 5) is 94.3. The largest absolute Gasteiger partial charge is 0.479 e. The topological polar surface area (TPSA) is 423 Å². The van der Waals surface area contributed by atoms with Crippen molar-refractivity contribution in [3.63, 3.8) is 0 Å². The van der Waals surface area contributed by atoms with Gasteiger partial charge in [-0.3, -0.25) is 33.3 Å². The summed E-state index contributed by atoms with van der Waals surface area (Å²) in [5.41, 5.74) is 19.2. The molecule has 1 rings (SSSR count). The average Bonchev–Trinajstić information content (AvgIpc) is 3.46. The van der Waals surface area contributed by atoms with Gasteiger partial charge < -0.3 is 87.0 Å². The zero-order valence-electron chi connectivity index (χ0n) is 52.4. The van der Waals surface area contributed by atoms with E-state index in [2.05, 4.69) is 23.7 Å². The SMILES string of the molecule is CC(=O)[C@](C)(C(=O)O)N(CC(C)O[C@@H]1[C@@H](N)[C@@H](O)O[C@H](CO)[C@H]1O)C(=O)CC[C@@H](NC(=O)[C@H](C)N)C(N)=O.CCCCCCCCCCCCCCCC(=O)OC[C@H](CO)OC(=O)CCCCCCCCCCCCCCC.NCCO[PH](=O)O. The summed E-state index contributed by atoms with van der Waals surface area (Å²) >= 11 is 0. The monoisotopic (exact) mass is 1240 g/mol. The summed E-state index contributed by atoms with van der Waals surface area (Å²) in [6.07, 6.45) is 25.5. The van der Waals surface area contributed by atoms with Crippen LogP contribution in [-0.4, -0.2) is 177 Å². The minimum Gasteiger partial charge on any atom is -0.479 e. The number of Topliss-reactive ketones (excluding diaryl/α,β-unsaturated/α-hetero) is 1. The molecule has 0 bridgehead atoms. The zero-order valence-corrected chi connectivity index (χ0v) is 53.4. The van der Waals surface area contributed by atoms with Crippen LogP contribution in [0, 0.1) is 0 Å². The molecular weight excluding hydrogens is 1130 g/mol. The Kier molecular flexibility index (Phi) is 51.2. The van der Waals surface area contributed by atoms with E-state index >= 15 is 0 Å². The van der Waals surface area contributed by atoms with E-state index in [1.807, 2.05) is 0 Å². The summed E-state index contributed by atoms with van der Waals surface area (Å²) in [6, 6.07) is -3.53. The highest BCUT2D eigenvalue weighted by Gasteiger charge is 2.49. The second kappa shape index (κ2) is 52.2. The van der Waals surface area contributed by atoms with Crippen LogP contribution in [0.4, 0.5) is 0 Å². The van der Waals surface area contributed by atoms with Crippen LogP contribution in [-0.2, 0) is 61.6 Å². The van der Waals surface area contributed by atoms with E-state index < -0.39 is 118 Å². The first kappa shape index (κ1) is 83.3. The molecule has 1 fully saturated rings. The molecule has 15 N–H and O–H groups in total. The molecular formula is C59H115N6O19P. The molecule has 1 aliphatic heterocycles. The van der Waals surface area contributed by atoms with Gasteiger partial charge in [-0.2, -0.15) is 0 Å². The lowest BCUT2D eigenvalue weighted by Gasteiger charge is -2.43. The van der Waals surface area contributed by atoms with Crippen LogP contribution < -0.4 is 28.3 Å². The van der Waals surface area contributed by atoms with Crippen molar-refractivity contribution in [2.24, 2.45) is 22.9 Å². The number of carbonyl (C=O) groups excluding carboxylic acids is 6. The summed E-state index contributed by atoms with van der Waals surface area (Å²) < 4.78 is 35.1. The number of nitrogens with one attached hydrogen (secondary N) is 1. The molecule has 26 heteroatoms. The van der Waals surface area contributed by atoms with Crippen LogP contribution >= 0.6 is 8.25 Å². The van der Waals surface area contributed by atoms with Gasteiger partial charge in [0, 0.05) is 32.4 Å². The van der Waals surface area contributed by atoms with Crippen molar-refractivity contribution in [3.8, 4) is 0 Å². The van der Waals surface area contributed by atoms with Crippen molar-refractivity contribution in [2.45, 2.75) is 295 Å². The molecule has 500 valence electrons. The number of aliphatic hydroxyl groups excluding tert-OH is 4. The van der Waals surface area contributed by atoms with E-state index in [-0.39, 0.29) is 44.7 Å². The van der Waals surface area contributed by atoms with Crippen LogP contribution in [0.2, 0.25) is 0 Å². The van der Waals surface area contributed by atoms with Gasteiger partial charge in [-0.1, -0.05) is 168 Å². The molecule has 1 heterocycles. The van der Waals surface area contributed by atoms with Gasteiger partial charge in [0.15, 0.2) is 23.7 Å². The number of ether oxygens (including phenoxy) is 4. The van der Waals surface area contributed by atoms with Crippen molar-refractivity contribution < 1.29 is 92.0 Å². The van der Waals surface area contributed by atoms with E-state index in [0.29, 0.717) is 12.8 Å². The van der Waals surface area contributed by atoms with Crippen LogP contribution in [0.3, 0.4) is 0 Å². The molecule has 0 saturated carbocycles. The van der Waals surface area contributed by atoms with Gasteiger partial charge in [-0.25, -0.2) is 4.79 Å². The number of aliphatic hydroxyl groups is 4. The number of unbranched alkanes of at least 4 members (excludes halogenated alkanes) is 24. The fourth-order valence-corrected chi connectivity index (χ4v) is 9.46. The summed E-state index contributed by atoms with van der Waals surface area (Å²) in [7, 11) is -2.73. The predicted molar refractivity (Wildman–Crippen MR) is 324 cm³/mol. The fourth-order valence-electron chi connectivity index (χ4n) is 9.17. The zero-order chi connectivity index (χ0) is 64.6. The Labute approximate surface area is 507 Å². The third-order valence-corrected chi connectivity index (χ3v) is 15.1. The van der Waals surface area contributed by atoms with Gasteiger partial charge in [-0.15, -0.1) is 0 Å². The van der Waals surface area contributed by atoms with Gasteiger partial charge in [0.25, 0.3) is 0 Å². The number of carbonyl (C=O) groups is 7. The van der Waals surface area contributed by atoms with Crippen molar-refractivity contribution in [1.82, 2.24) is 10.2 Å². The number of nitrogens with two attached hydrogens (primary N) is 4. The van der Waals surface area contributed by atoms with Crippen LogP contribution in [0.5, 0.6) is 0 Å². The van der Waals surface area contributed by atoms with E-state index in [1.54, 1.807) is 0 Å². The predicted octanol–water partition coefficient (Wildman–Crippen LogP) is 5.26. The maximum Gasteiger partial charge on any atom is 0.337 e. The molecule has 3 amide bonds. The van der Waals surface area contributed by atoms with Gasteiger partial charge in [0.1, 0.15) is 31.0 Å². The van der Waals surface area contributed by atoms with Crippen LogP contribution in [0.25, 0.3) is 0 Å². The highest BCUT2D eigenvalue weighted by molar-refractivity contribution is 7.32. The maximum atomic E-state index is 13.3. The molecule has 0 radical (unpaired) electrons. The second-order valence-electron chi connectivity index (χ2n) is 22.3. The number of nitrogens with zero attached hydrogens (tertiary/aromatic N) is 1. The molecule has 0 aliphatic carbocycles. The summed E-state index contributed by atoms with van der Waals surface area (Å²) in [6.45, 7) is 8.22. The molecule has 85 heavy (non-hydrogen) atoms. The molecule has 0 aromatic carbocycles. The fraction of sp³-hybridized carbons (Fsp3) is 0.881. The Morgan fingerprint density at radius 1 is 0.729 bits per heavy atom. The smallest absolute Gasteiger partial charge is 0.337 e. The Morgan fingerprint density at radius 2 is 1.18 bits per heavy atom. The number of amides is 3. The van der Waals surface area contributed by atoms with E-state index in [0.717, 1.165) is 50.9 Å². The lowest BCUT2D eigenvalue weighted by Crippen LogP contribution is -2.64. The van der Waals surface area contributed by atoms with Crippen molar-refractivity contribution in [3.05, 3.63) is 0 Å². The number of rotatable bonds is 49. The minimum absolute atomic E-state index is 0.0574. The highest BCUT2D eigenvalue weighted by atomic mass is 31.1. The highest BCUT2D eigenvalue weighted by Crippen LogP contribution is 2.26. The number of esters is 2. The van der Waals surface area contributed by atoms with Crippen molar-refractivity contribution >= 4 is 49.7 Å². The Hall–Kier alpha value is -3.72. The molecule has 2 unspecified atom stereocenters. The molecule has 25 nitrogen and oxygen atoms in total. The number of ketones is 1. The van der Waals surface area contributed by atoms with Gasteiger partial charge >= 0.3 is 26.2 Å². The molecule has 0 spiro atoms. The average molecular weight is 1240 g/mol. The number of primary amides is 1. The molecule has 1 aliphatic rings. The number of carboxylic acid groups (broad SMARTS) is 1. The van der Waals surface area contributed by atoms with E-state index in [9.17, 15) is 63.7 Å². The first-order chi connectivity index (χ1) is 40.4. The van der Waals surface area contributed by atoms with Gasteiger partial charge in [-0.05, 0) is 47.0 Å². The summed E-state index contributed by atoms with van der Waals surface area (Å²) in [5.74, 6) is -5.65. The molecule has 11 atom stereocenters. The van der Waals surface area contributed by atoms with Gasteiger partial charge in [0.2, 0.25) is 17.7 Å². The Bertz CT molecular complexity index is 1810.